The van der Waals surface area contributed by atoms with E-state index in [1.54, 1.807) is 0 Å². The first-order valence-electron chi connectivity index (χ1n) is 48.0. The minimum absolute atomic E-state index is 0.640. The molecule has 17 rings (SSSR count). The second-order valence-corrected chi connectivity index (χ2v) is 82.5. The summed E-state index contributed by atoms with van der Waals surface area (Å²) >= 11 is 0. The molecule has 0 radical (unpaired) electrons. The standard InChI is InChI=1S/C90H116N8O6Si6.4C4H10O/c1-81(2,3)91-77(61-45-33-29-34-46-61)93(83(7,8)9)105-69-57-41-53-65-73(69)99-75-67(89(65,25)26)55-43-59-71(75)109(95(85(13,14)15)79(96(109)86(16,17)18)63-49-37-31-38-50-63)103-107(105,109)102-106(94(84(10,11)12)78(92-82(4,5)6)62-47-35-30-36-48-62)70-58-42-54-66-74(70)100-76-68(90(66,27)28)56-44-60-72(76)110(104-108(106,110)101-105)97(87(19,20)21)80(98(110)88(22,23)24)64-51-39-32-40-52-64;4*1-3-5-4-2/h29-60H,1-28H3;4*3-4H2,1-2H3/t105-,106+,107+,108-;;;;. The molecule has 3 saturated heterocycles. The van der Waals surface area contributed by atoms with Gasteiger partial charge in [-0.1, -0.05) is 0 Å². The predicted molar refractivity (Wildman–Crippen MR) is 549 cm³/mol. The van der Waals surface area contributed by atoms with Crippen LogP contribution in [0, 0.1) is 0 Å². The summed E-state index contributed by atoms with van der Waals surface area (Å²) in [6, 6.07) is 72.6. The van der Waals surface area contributed by atoms with Crippen molar-refractivity contribution in [2.45, 2.75) is 304 Å². The number of rotatable bonds is 14. The first kappa shape index (κ1) is 99.7. The fourth-order valence-corrected chi connectivity index (χ4v) is 140. The molecule has 4 spiro atoms. The number of aliphatic imine (C=N–C) groups is 2. The number of amidine groups is 4. The molecule has 0 amide bonds. The maximum atomic E-state index is 11.0. The molecule has 4 atom stereocenters. The van der Waals surface area contributed by atoms with Gasteiger partial charge in [-0.15, -0.1) is 0 Å². The molecule has 130 heavy (non-hydrogen) atoms. The van der Waals surface area contributed by atoms with E-state index >= 15 is 0 Å². The van der Waals surface area contributed by atoms with Crippen molar-refractivity contribution in [1.29, 1.82) is 0 Å². The fourth-order valence-electron chi connectivity index (χ4n) is 22.8. The molecule has 0 N–H and O–H groups in total. The molecule has 18 nitrogen and oxygen atoms in total. The minimum atomic E-state index is -5.72. The summed E-state index contributed by atoms with van der Waals surface area (Å²) < 4.78 is 95.7. The van der Waals surface area contributed by atoms with Crippen molar-refractivity contribution >= 4 is 90.1 Å². The van der Waals surface area contributed by atoms with Crippen LogP contribution < -0.4 is 30.2 Å². The molecule has 8 aromatic carbocycles. The van der Waals surface area contributed by atoms with Crippen LogP contribution in [0.4, 0.5) is 0 Å². The van der Waals surface area contributed by atoms with E-state index in [2.05, 4.69) is 415 Å². The van der Waals surface area contributed by atoms with Crippen LogP contribution >= 0.6 is 0 Å². The molecular formula is C106H156N8O10Si6. The molecule has 9 aliphatic heterocycles. The summed E-state index contributed by atoms with van der Waals surface area (Å²) in [6.07, 6.45) is 0. The van der Waals surface area contributed by atoms with Crippen LogP contribution in [0.5, 0.6) is 23.0 Å². The average Bonchev–Trinajstić information content (AvgIpc) is 1.36. The second kappa shape index (κ2) is 34.2. The molecule has 0 aliphatic carbocycles. The van der Waals surface area contributed by atoms with Gasteiger partial charge < -0.3 is 18.9 Å². The maximum absolute atomic E-state index is 11.0. The first-order valence-corrected chi connectivity index (χ1v) is 63.9. The van der Waals surface area contributed by atoms with Crippen LogP contribution in [0.3, 0.4) is 0 Å². The summed E-state index contributed by atoms with van der Waals surface area (Å²) in [5.74, 6) is 7.00. The average molecular weight is 1870 g/mol. The van der Waals surface area contributed by atoms with Crippen LogP contribution in [0.1, 0.15) is 294 Å². The Bertz CT molecular complexity index is 5300. The van der Waals surface area contributed by atoms with Crippen molar-refractivity contribution in [2.75, 3.05) is 52.9 Å². The zero-order valence-electron chi connectivity index (χ0n) is 85.8. The van der Waals surface area contributed by atoms with Crippen molar-refractivity contribution in [1.82, 2.24) is 18.3 Å². The molecule has 4 bridgehead atoms. The Labute approximate surface area is 785 Å². The third kappa shape index (κ3) is 14.6. The number of para-hydroxylation sites is 4. The van der Waals surface area contributed by atoms with Gasteiger partial charge in [0, 0.05) is 52.9 Å². The van der Waals surface area contributed by atoms with Gasteiger partial charge in [0.05, 0.1) is 0 Å². The summed E-state index contributed by atoms with van der Waals surface area (Å²) in [6.45, 7) is 89.3. The van der Waals surface area contributed by atoms with E-state index in [9.17, 15) is 16.5 Å². The predicted octanol–water partition coefficient (Wildman–Crippen LogP) is 20.7. The van der Waals surface area contributed by atoms with Crippen molar-refractivity contribution in [3.05, 3.63) is 239 Å². The summed E-state index contributed by atoms with van der Waals surface area (Å²) in [4.78, 5) is 12.7. The van der Waals surface area contributed by atoms with Gasteiger partial charge in [-0.2, -0.15) is 0 Å². The number of ether oxygens (including phenoxy) is 6. The van der Waals surface area contributed by atoms with Crippen LogP contribution in [-0.2, 0) is 46.2 Å². The van der Waals surface area contributed by atoms with Crippen molar-refractivity contribution in [3.8, 4) is 23.0 Å². The number of benzene rings is 8. The van der Waals surface area contributed by atoms with Gasteiger partial charge in [0.2, 0.25) is 0 Å². The van der Waals surface area contributed by atoms with Gasteiger partial charge in [-0.05, 0) is 55.4 Å². The number of fused-ring (bicyclic) bond motifs is 2. The van der Waals surface area contributed by atoms with Crippen molar-refractivity contribution in [2.24, 2.45) is 9.98 Å². The Morgan fingerprint density at radius 2 is 0.608 bits per heavy atom. The van der Waals surface area contributed by atoms with Crippen molar-refractivity contribution < 1.29 is 53.4 Å². The number of hydrogen-bond donors (Lipinski definition) is 0. The normalized spacial score (nSPS) is 23.3. The molecule has 704 valence electrons. The Morgan fingerprint density at radius 1 is 0.346 bits per heavy atom. The van der Waals surface area contributed by atoms with Crippen LogP contribution in [0.25, 0.3) is 0 Å². The largest absolute Gasteiger partial charge is 0.382 e. The molecule has 0 unspecified atom stereocenters. The maximum Gasteiger partial charge on any atom is 0.0437 e. The van der Waals surface area contributed by atoms with E-state index < -0.39 is 101 Å². The molecule has 8 aromatic rings. The zero-order chi connectivity index (χ0) is 95.7. The summed E-state index contributed by atoms with van der Waals surface area (Å²) in [7, 11) is -31.8. The Hall–Kier alpha value is -7.78. The first-order chi connectivity index (χ1) is 60.6. The van der Waals surface area contributed by atoms with E-state index in [4.69, 9.17) is 38.4 Å². The number of nitrogens with zero attached hydrogens (tertiary/aromatic N) is 8. The molecule has 0 saturated carbocycles. The van der Waals surface area contributed by atoms with Gasteiger partial charge >= 0.3 is 663 Å². The Balaban J connectivity index is 0.000000652. The van der Waals surface area contributed by atoms with E-state index in [1.807, 2.05) is 55.4 Å². The molecule has 24 heteroatoms. The van der Waals surface area contributed by atoms with Gasteiger partial charge in [0.15, 0.2) is 0 Å². The van der Waals surface area contributed by atoms with Gasteiger partial charge in [0.1, 0.15) is 0 Å². The smallest absolute Gasteiger partial charge is 0.0437 e. The summed E-state index contributed by atoms with van der Waals surface area (Å²) in [5.41, 5.74) is 1.11. The van der Waals surface area contributed by atoms with E-state index in [0.29, 0.717) is 0 Å². The molecule has 9 heterocycles. The van der Waals surface area contributed by atoms with Gasteiger partial charge in [0.25, 0.3) is 0 Å². The minimum Gasteiger partial charge on any atom is -0.382 e. The molecule has 3 fully saturated rings. The van der Waals surface area contributed by atoms with E-state index in [0.717, 1.165) is 164 Å². The Morgan fingerprint density at radius 3 is 0.846 bits per heavy atom. The Kier molecular flexibility index (Phi) is 26.3. The molecule has 9 aliphatic rings. The third-order valence-corrected chi connectivity index (χ3v) is 96.0. The summed E-state index contributed by atoms with van der Waals surface area (Å²) in [5, 5.41) is 4.00. The fraction of sp³-hybridized carbons (Fsp3) is 0.509. The monoisotopic (exact) mass is 1870 g/mol. The third-order valence-electron chi connectivity index (χ3n) is 26.3. The quantitative estimate of drug-likeness (QED) is 0.0441. The van der Waals surface area contributed by atoms with Crippen LogP contribution in [0.2, 0.25) is 0 Å². The SMILES string of the molecule is CC(C)(C)N=C(c1ccccc1)N(C(C)(C)C)[Si@@]12O[Si@@]34O[Si-]35(c3cccc6c3Oc3c(cccc3[Si@@]4(N(C(=NC(C)(C)C)c3ccccc3)C(C)(C)C)O[Si@@]13O[Si-]31(c3cccc4c3Oc3c(cccc32)C4(C)C)N(C(C)(C)C)C(c2ccccc2)=[N+]1C(C)(C)C)C6(C)C)N(C(C)(C)C)C(c1ccccc1)=[N+]5C(C)(C)C.CCOCC.CCOCC.CCOCC.CCOCC. The van der Waals surface area contributed by atoms with Gasteiger partial charge in [-0.25, -0.2) is 0 Å². The van der Waals surface area contributed by atoms with Crippen LogP contribution in [-0.4, -0.2) is 193 Å². The van der Waals surface area contributed by atoms with E-state index in [-0.39, 0.29) is 0 Å². The second-order valence-electron chi connectivity index (χ2n) is 44.7. The molecule has 0 aromatic heterocycles. The van der Waals surface area contributed by atoms with E-state index in [1.165, 1.54) is 0 Å². The van der Waals surface area contributed by atoms with Gasteiger partial charge in [-0.3, -0.25) is 0 Å². The zero-order valence-corrected chi connectivity index (χ0v) is 91.8. The number of hydrogen-bond acceptors (Lipinski definition) is 14. The molecular weight excluding hydrogens is 1710 g/mol. The van der Waals surface area contributed by atoms with Crippen LogP contribution in [0.15, 0.2) is 204 Å². The van der Waals surface area contributed by atoms with Crippen molar-refractivity contribution in [3.63, 3.8) is 0 Å². The topological polar surface area (TPSA) is 143 Å².